The third kappa shape index (κ3) is 5.98. The van der Waals surface area contributed by atoms with Crippen LogP contribution in [0.4, 0.5) is 18.9 Å². The van der Waals surface area contributed by atoms with Crippen molar-refractivity contribution in [3.05, 3.63) is 82.7 Å². The van der Waals surface area contributed by atoms with Crippen LogP contribution in [0.5, 0.6) is 0 Å². The third-order valence-electron chi connectivity index (χ3n) is 6.71. The number of hydrogen-bond acceptors (Lipinski definition) is 4. The summed E-state index contributed by atoms with van der Waals surface area (Å²) in [5.41, 5.74) is 6.88. The number of hydrogen-bond donors (Lipinski definition) is 2. The van der Waals surface area contributed by atoms with Crippen LogP contribution in [-0.4, -0.2) is 39.3 Å². The van der Waals surface area contributed by atoms with Crippen LogP contribution in [0.15, 0.2) is 54.7 Å². The van der Waals surface area contributed by atoms with Crippen molar-refractivity contribution < 1.29 is 18.0 Å². The average molecular weight is 522 g/mol. The van der Waals surface area contributed by atoms with Gasteiger partial charge in [0.1, 0.15) is 0 Å². The topological polar surface area (TPSA) is 71.3 Å². The number of aromatic nitrogens is 3. The summed E-state index contributed by atoms with van der Waals surface area (Å²) in [6.45, 7) is 3.71. The van der Waals surface area contributed by atoms with Crippen molar-refractivity contribution in [3.8, 4) is 11.3 Å². The first kappa shape index (κ1) is 25.8. The number of rotatable bonds is 9. The van der Waals surface area contributed by atoms with E-state index in [1.807, 2.05) is 31.2 Å². The lowest BCUT2D eigenvalue weighted by Gasteiger charge is -2.13. The summed E-state index contributed by atoms with van der Waals surface area (Å²) in [5.74, 6) is -0.0828. The monoisotopic (exact) mass is 521 g/mol. The second-order valence-corrected chi connectivity index (χ2v) is 9.85. The molecule has 1 amide bonds. The molecule has 2 aromatic heterocycles. The molecule has 1 fully saturated rings. The molecule has 0 atom stereocenters. The quantitative estimate of drug-likeness (QED) is 0.279. The zero-order valence-electron chi connectivity index (χ0n) is 21.4. The van der Waals surface area contributed by atoms with Gasteiger partial charge in [-0.2, -0.15) is 18.3 Å². The molecule has 5 rings (SSSR count). The van der Waals surface area contributed by atoms with Crippen molar-refractivity contribution in [1.82, 2.24) is 19.9 Å². The van der Waals surface area contributed by atoms with Gasteiger partial charge in [0.2, 0.25) is 0 Å². The maximum absolute atomic E-state index is 12.8. The molecule has 1 aliphatic rings. The van der Waals surface area contributed by atoms with Crippen LogP contribution in [0.1, 0.15) is 58.9 Å². The van der Waals surface area contributed by atoms with Gasteiger partial charge in [0.05, 0.1) is 29.7 Å². The van der Waals surface area contributed by atoms with Crippen LogP contribution in [0.25, 0.3) is 16.9 Å². The van der Waals surface area contributed by atoms with E-state index in [0.29, 0.717) is 34.7 Å². The molecular weight excluding hydrogens is 491 g/mol. The summed E-state index contributed by atoms with van der Waals surface area (Å²) in [7, 11) is 0. The number of amides is 1. The predicted octanol–water partition coefficient (Wildman–Crippen LogP) is 6.11. The van der Waals surface area contributed by atoms with Crippen LogP contribution in [0, 0.1) is 6.92 Å². The van der Waals surface area contributed by atoms with E-state index in [0.717, 1.165) is 36.0 Å². The van der Waals surface area contributed by atoms with Gasteiger partial charge in [-0.3, -0.25) is 4.79 Å². The molecular formula is C29H30F3N5O. The number of anilines is 1. The molecule has 198 valence electrons. The molecule has 1 saturated carbocycles. The number of carbonyl (C=O) groups is 1. The van der Waals surface area contributed by atoms with Crippen molar-refractivity contribution in [2.45, 2.75) is 58.2 Å². The summed E-state index contributed by atoms with van der Waals surface area (Å²) in [5, 5.41) is 10.8. The first-order valence-corrected chi connectivity index (χ1v) is 12.9. The Morgan fingerprint density at radius 1 is 1.11 bits per heavy atom. The van der Waals surface area contributed by atoms with E-state index in [1.165, 1.54) is 5.56 Å². The number of benzene rings is 2. The normalized spacial score (nSPS) is 13.6. The summed E-state index contributed by atoms with van der Waals surface area (Å²) in [6.07, 6.45) is -0.0875. The Morgan fingerprint density at radius 3 is 2.61 bits per heavy atom. The van der Waals surface area contributed by atoms with E-state index in [2.05, 4.69) is 34.7 Å². The molecule has 0 aliphatic heterocycles. The van der Waals surface area contributed by atoms with Gasteiger partial charge in [-0.25, -0.2) is 9.50 Å². The van der Waals surface area contributed by atoms with Crippen LogP contribution < -0.4 is 10.6 Å². The molecule has 0 saturated heterocycles. The van der Waals surface area contributed by atoms with Crippen LogP contribution in [0.3, 0.4) is 0 Å². The van der Waals surface area contributed by atoms with Gasteiger partial charge in [-0.05, 0) is 61.1 Å². The Morgan fingerprint density at radius 2 is 1.89 bits per heavy atom. The van der Waals surface area contributed by atoms with Crippen molar-refractivity contribution in [2.24, 2.45) is 0 Å². The molecule has 38 heavy (non-hydrogen) atoms. The molecule has 0 spiro atoms. The molecule has 0 bridgehead atoms. The van der Waals surface area contributed by atoms with Gasteiger partial charge in [0, 0.05) is 30.1 Å². The minimum absolute atomic E-state index is 0.0828. The number of aryl methyl sites for hydroxylation is 2. The van der Waals surface area contributed by atoms with Gasteiger partial charge < -0.3 is 10.6 Å². The summed E-state index contributed by atoms with van der Waals surface area (Å²) in [6, 6.07) is 15.8. The number of alkyl halides is 3. The number of nitrogens with one attached hydrogen (secondary N) is 2. The molecule has 6 nitrogen and oxygen atoms in total. The zero-order chi connectivity index (χ0) is 26.9. The van der Waals surface area contributed by atoms with Gasteiger partial charge in [-0.15, -0.1) is 0 Å². The Labute approximate surface area is 219 Å². The maximum atomic E-state index is 12.8. The standard InChI is InChI=1S/C29H30F3N5O/c1-3-19-5-4-6-20(14-19)15-23-16-25(33-12-11-29(30,31)32)27-34-17-26(37(27)36-23)21-7-10-24(18(2)13-21)28(38)35-22-8-9-22/h4-7,10,13-14,16-17,22,33H,3,8-9,11-12,15H2,1-2H3,(H,35,38). The average Bonchev–Trinajstić information content (AvgIpc) is 3.58. The number of halogens is 3. The molecule has 2 aromatic carbocycles. The zero-order valence-corrected chi connectivity index (χ0v) is 21.4. The van der Waals surface area contributed by atoms with E-state index in [1.54, 1.807) is 22.8 Å². The highest BCUT2D eigenvalue weighted by Gasteiger charge is 2.27. The smallest absolute Gasteiger partial charge is 0.382 e. The first-order valence-electron chi connectivity index (χ1n) is 12.9. The Balaban J connectivity index is 1.51. The largest absolute Gasteiger partial charge is 0.390 e. The van der Waals surface area contributed by atoms with E-state index in [-0.39, 0.29) is 18.5 Å². The van der Waals surface area contributed by atoms with E-state index in [9.17, 15) is 18.0 Å². The fourth-order valence-corrected chi connectivity index (χ4v) is 4.51. The van der Waals surface area contributed by atoms with Gasteiger partial charge >= 0.3 is 6.18 Å². The van der Waals surface area contributed by atoms with Crippen molar-refractivity contribution in [2.75, 3.05) is 11.9 Å². The van der Waals surface area contributed by atoms with Gasteiger partial charge in [-0.1, -0.05) is 37.3 Å². The Bertz CT molecular complexity index is 1470. The van der Waals surface area contributed by atoms with Crippen molar-refractivity contribution >= 4 is 17.2 Å². The molecule has 9 heteroatoms. The van der Waals surface area contributed by atoms with Crippen LogP contribution in [-0.2, 0) is 12.8 Å². The summed E-state index contributed by atoms with van der Waals surface area (Å²) in [4.78, 5) is 17.1. The number of carbonyl (C=O) groups excluding carboxylic acids is 1. The number of nitrogens with zero attached hydrogens (tertiary/aromatic N) is 3. The highest BCUT2D eigenvalue weighted by molar-refractivity contribution is 5.96. The minimum Gasteiger partial charge on any atom is -0.382 e. The Kier molecular flexibility index (Phi) is 7.10. The molecule has 2 N–H and O–H groups in total. The lowest BCUT2D eigenvalue weighted by atomic mass is 10.0. The SMILES string of the molecule is CCc1cccc(Cc2cc(NCCC(F)(F)F)c3ncc(-c4ccc(C(=O)NC5CC5)c(C)c4)n3n2)c1. The molecule has 4 aromatic rings. The fourth-order valence-electron chi connectivity index (χ4n) is 4.51. The number of fused-ring (bicyclic) bond motifs is 1. The Hall–Kier alpha value is -3.88. The molecule has 2 heterocycles. The molecule has 1 aliphatic carbocycles. The molecule has 0 unspecified atom stereocenters. The highest BCUT2D eigenvalue weighted by atomic mass is 19.4. The van der Waals surface area contributed by atoms with Gasteiger partial charge in [0.25, 0.3) is 5.91 Å². The van der Waals surface area contributed by atoms with E-state index < -0.39 is 12.6 Å². The molecule has 0 radical (unpaired) electrons. The summed E-state index contributed by atoms with van der Waals surface area (Å²) >= 11 is 0. The van der Waals surface area contributed by atoms with Crippen molar-refractivity contribution in [1.29, 1.82) is 0 Å². The second kappa shape index (κ2) is 10.5. The van der Waals surface area contributed by atoms with Crippen LogP contribution >= 0.6 is 0 Å². The summed E-state index contributed by atoms with van der Waals surface area (Å²) < 4.78 is 40.2. The lowest BCUT2D eigenvalue weighted by molar-refractivity contribution is -0.131. The van der Waals surface area contributed by atoms with Crippen LogP contribution in [0.2, 0.25) is 0 Å². The van der Waals surface area contributed by atoms with E-state index >= 15 is 0 Å². The maximum Gasteiger partial charge on any atom is 0.390 e. The third-order valence-corrected chi connectivity index (χ3v) is 6.71. The second-order valence-electron chi connectivity index (χ2n) is 9.85. The first-order chi connectivity index (χ1) is 18.2. The van der Waals surface area contributed by atoms with E-state index in [4.69, 9.17) is 5.10 Å². The lowest BCUT2D eigenvalue weighted by Crippen LogP contribution is -2.26. The predicted molar refractivity (Wildman–Crippen MR) is 141 cm³/mol. The van der Waals surface area contributed by atoms with Gasteiger partial charge in [0.15, 0.2) is 5.65 Å². The van der Waals surface area contributed by atoms with Crippen molar-refractivity contribution in [3.63, 3.8) is 0 Å². The highest BCUT2D eigenvalue weighted by Crippen LogP contribution is 2.28. The number of imidazole rings is 1. The minimum atomic E-state index is -4.26. The fraction of sp³-hybridized carbons (Fsp3) is 0.345.